The van der Waals surface area contributed by atoms with Gasteiger partial charge in [-0.1, -0.05) is 19.1 Å². The third-order valence-corrected chi connectivity index (χ3v) is 5.52. The summed E-state index contributed by atoms with van der Waals surface area (Å²) < 4.78 is 1.21. The Hall–Kier alpha value is -1.99. The number of amides is 3. The molecule has 0 unspecified atom stereocenters. The summed E-state index contributed by atoms with van der Waals surface area (Å²) in [6.45, 7) is 4.48. The fraction of sp³-hybridized carbons (Fsp3) is 0.500. The number of nitrogens with one attached hydrogen (secondary N) is 2. The number of aromatic nitrogens is 1. The molecule has 0 saturated carbocycles. The van der Waals surface area contributed by atoms with E-state index in [1.54, 1.807) is 11.3 Å². The predicted molar refractivity (Wildman–Crippen MR) is 99.9 cm³/mol. The number of imide groups is 1. The average molecular weight is 360 g/mol. The first-order chi connectivity index (χ1) is 12.2. The maximum Gasteiger partial charge on any atom is 0.321 e. The van der Waals surface area contributed by atoms with Crippen molar-refractivity contribution in [2.24, 2.45) is 0 Å². The van der Waals surface area contributed by atoms with Crippen molar-refractivity contribution >= 4 is 33.5 Å². The molecule has 134 valence electrons. The molecule has 7 heteroatoms. The van der Waals surface area contributed by atoms with Gasteiger partial charge in [-0.05, 0) is 37.9 Å². The largest absolute Gasteiger partial charge is 0.338 e. The fourth-order valence-electron chi connectivity index (χ4n) is 3.12. The van der Waals surface area contributed by atoms with Gasteiger partial charge in [0, 0.05) is 19.0 Å². The van der Waals surface area contributed by atoms with Crippen LogP contribution < -0.4 is 10.6 Å². The van der Waals surface area contributed by atoms with Crippen LogP contribution in [0.1, 0.15) is 37.1 Å². The van der Waals surface area contributed by atoms with Crippen molar-refractivity contribution in [3.63, 3.8) is 0 Å². The number of benzene rings is 1. The summed E-state index contributed by atoms with van der Waals surface area (Å²) in [6, 6.07) is 7.77. The lowest BCUT2D eigenvalue weighted by molar-refractivity contribution is -0.121. The molecule has 1 saturated heterocycles. The van der Waals surface area contributed by atoms with Crippen molar-refractivity contribution in [3.05, 3.63) is 29.3 Å². The van der Waals surface area contributed by atoms with Crippen LogP contribution >= 0.6 is 11.3 Å². The summed E-state index contributed by atoms with van der Waals surface area (Å²) >= 11 is 1.74. The molecule has 6 nitrogen and oxygen atoms in total. The second-order valence-electron chi connectivity index (χ2n) is 6.40. The Morgan fingerprint density at radius 3 is 3.00 bits per heavy atom. The highest BCUT2D eigenvalue weighted by Crippen LogP contribution is 2.32. The molecule has 2 N–H and O–H groups in total. The maximum atomic E-state index is 12.0. The Morgan fingerprint density at radius 2 is 2.20 bits per heavy atom. The van der Waals surface area contributed by atoms with Crippen molar-refractivity contribution in [3.8, 4) is 0 Å². The number of hydrogen-bond donors (Lipinski definition) is 2. The van der Waals surface area contributed by atoms with Gasteiger partial charge in [0.1, 0.15) is 0 Å². The van der Waals surface area contributed by atoms with Crippen molar-refractivity contribution in [2.75, 3.05) is 26.2 Å². The number of carbonyl (C=O) groups excluding carboxylic acids is 2. The zero-order valence-corrected chi connectivity index (χ0v) is 15.3. The molecule has 0 spiro atoms. The molecule has 0 aliphatic carbocycles. The molecule has 1 aliphatic heterocycles. The summed E-state index contributed by atoms with van der Waals surface area (Å²) in [5.41, 5.74) is 1.05. The van der Waals surface area contributed by atoms with Gasteiger partial charge in [-0.25, -0.2) is 9.78 Å². The molecule has 1 aromatic heterocycles. The highest BCUT2D eigenvalue weighted by molar-refractivity contribution is 7.18. The van der Waals surface area contributed by atoms with Gasteiger partial charge in [0.05, 0.1) is 21.8 Å². The van der Waals surface area contributed by atoms with E-state index >= 15 is 0 Å². The number of hydrogen-bond acceptors (Lipinski definition) is 5. The topological polar surface area (TPSA) is 74.3 Å². The summed E-state index contributed by atoms with van der Waals surface area (Å²) in [6.07, 6.45) is 2.97. The van der Waals surface area contributed by atoms with Gasteiger partial charge in [0.15, 0.2) is 0 Å². The Balaban J connectivity index is 1.55. The average Bonchev–Trinajstić information content (AvgIpc) is 3.04. The predicted octanol–water partition coefficient (Wildman–Crippen LogP) is 2.71. The molecular formula is C18H24N4O2S. The van der Waals surface area contributed by atoms with Crippen LogP contribution in [0.2, 0.25) is 0 Å². The highest BCUT2D eigenvalue weighted by Gasteiger charge is 2.25. The van der Waals surface area contributed by atoms with Crippen LogP contribution in [0.4, 0.5) is 4.79 Å². The van der Waals surface area contributed by atoms with Gasteiger partial charge in [-0.3, -0.25) is 15.0 Å². The Kier molecular flexibility index (Phi) is 5.99. The minimum Gasteiger partial charge on any atom is -0.338 e. The third-order valence-electron chi connectivity index (χ3n) is 4.32. The number of thiazole rings is 1. The van der Waals surface area contributed by atoms with Crippen LogP contribution in [0.15, 0.2) is 24.3 Å². The molecule has 0 bridgehead atoms. The minimum atomic E-state index is -0.411. The second kappa shape index (κ2) is 8.40. The minimum absolute atomic E-state index is 0.251. The first kappa shape index (κ1) is 17.8. The zero-order valence-electron chi connectivity index (χ0n) is 14.5. The Bertz CT molecular complexity index is 713. The Labute approximate surface area is 151 Å². The lowest BCUT2D eigenvalue weighted by Crippen LogP contribution is -2.46. The first-order valence-electron chi connectivity index (χ1n) is 8.81. The highest BCUT2D eigenvalue weighted by atomic mass is 32.1. The van der Waals surface area contributed by atoms with E-state index in [0.717, 1.165) is 42.9 Å². The smallest absolute Gasteiger partial charge is 0.321 e. The van der Waals surface area contributed by atoms with E-state index in [0.29, 0.717) is 12.5 Å². The van der Waals surface area contributed by atoms with E-state index in [-0.39, 0.29) is 12.5 Å². The first-order valence-corrected chi connectivity index (χ1v) is 9.63. The van der Waals surface area contributed by atoms with Crippen molar-refractivity contribution in [1.82, 2.24) is 20.5 Å². The SMILES string of the molecule is CCCNC(=O)NC(=O)CN1CCC[C@H](c2nc3ccccc3s2)C1. The van der Waals surface area contributed by atoms with Crippen molar-refractivity contribution < 1.29 is 9.59 Å². The van der Waals surface area contributed by atoms with E-state index in [4.69, 9.17) is 4.98 Å². The number of fused-ring (bicyclic) bond motifs is 1. The lowest BCUT2D eigenvalue weighted by atomic mass is 9.99. The number of para-hydroxylation sites is 1. The molecule has 1 fully saturated rings. The third kappa shape index (κ3) is 4.76. The van der Waals surface area contributed by atoms with E-state index < -0.39 is 6.03 Å². The van der Waals surface area contributed by atoms with Gasteiger partial charge >= 0.3 is 6.03 Å². The summed E-state index contributed by atoms with van der Waals surface area (Å²) in [4.78, 5) is 30.5. The number of nitrogens with zero attached hydrogens (tertiary/aromatic N) is 2. The second-order valence-corrected chi connectivity index (χ2v) is 7.46. The van der Waals surface area contributed by atoms with E-state index in [9.17, 15) is 9.59 Å². The van der Waals surface area contributed by atoms with Crippen LogP contribution in [-0.4, -0.2) is 48.0 Å². The standard InChI is InChI=1S/C18H24N4O2S/c1-2-9-19-18(24)21-16(23)12-22-10-5-6-13(11-22)17-20-14-7-3-4-8-15(14)25-17/h3-4,7-8,13H,2,5-6,9-12H2,1H3,(H2,19,21,23,24)/t13-/m0/s1. The molecule has 1 aromatic carbocycles. The molecule has 3 rings (SSSR count). The van der Waals surface area contributed by atoms with Gasteiger partial charge in [-0.2, -0.15) is 0 Å². The zero-order chi connectivity index (χ0) is 17.6. The summed E-state index contributed by atoms with van der Waals surface area (Å²) in [5.74, 6) is 0.103. The van der Waals surface area contributed by atoms with Gasteiger partial charge in [0.25, 0.3) is 0 Å². The van der Waals surface area contributed by atoms with E-state index in [1.807, 2.05) is 25.1 Å². The van der Waals surface area contributed by atoms with Crippen LogP contribution in [0.3, 0.4) is 0 Å². The summed E-state index contributed by atoms with van der Waals surface area (Å²) in [5, 5.41) is 6.19. The quantitative estimate of drug-likeness (QED) is 0.860. The molecule has 1 atom stereocenters. The number of likely N-dealkylation sites (tertiary alicyclic amines) is 1. The molecule has 0 radical (unpaired) electrons. The molecular weight excluding hydrogens is 336 g/mol. The summed E-state index contributed by atoms with van der Waals surface area (Å²) in [7, 11) is 0. The molecule has 2 aromatic rings. The number of urea groups is 1. The lowest BCUT2D eigenvalue weighted by Gasteiger charge is -2.31. The van der Waals surface area contributed by atoms with Crippen LogP contribution in [0.25, 0.3) is 10.2 Å². The fourth-order valence-corrected chi connectivity index (χ4v) is 4.21. The van der Waals surface area contributed by atoms with Gasteiger partial charge < -0.3 is 5.32 Å². The number of carbonyl (C=O) groups is 2. The molecule has 1 aliphatic rings. The molecule has 3 amide bonds. The monoisotopic (exact) mass is 360 g/mol. The normalized spacial score (nSPS) is 18.2. The number of piperidine rings is 1. The van der Waals surface area contributed by atoms with Gasteiger partial charge in [0.2, 0.25) is 5.91 Å². The van der Waals surface area contributed by atoms with Crippen LogP contribution in [-0.2, 0) is 4.79 Å². The number of rotatable bonds is 5. The van der Waals surface area contributed by atoms with Crippen molar-refractivity contribution in [1.29, 1.82) is 0 Å². The Morgan fingerprint density at radius 1 is 1.36 bits per heavy atom. The van der Waals surface area contributed by atoms with Crippen LogP contribution in [0.5, 0.6) is 0 Å². The van der Waals surface area contributed by atoms with Crippen LogP contribution in [0, 0.1) is 0 Å². The molecule has 25 heavy (non-hydrogen) atoms. The van der Waals surface area contributed by atoms with Gasteiger partial charge in [-0.15, -0.1) is 11.3 Å². The van der Waals surface area contributed by atoms with E-state index in [1.165, 1.54) is 4.70 Å². The van der Waals surface area contributed by atoms with Crippen molar-refractivity contribution in [2.45, 2.75) is 32.1 Å². The molecule has 2 heterocycles. The van der Waals surface area contributed by atoms with E-state index in [2.05, 4.69) is 21.6 Å². The maximum absolute atomic E-state index is 12.0.